The van der Waals surface area contributed by atoms with Crippen LogP contribution in [0.5, 0.6) is 11.5 Å². The largest absolute Gasteiger partial charge is 0.423 e. The number of esters is 2. The third kappa shape index (κ3) is 8.04. The number of hydrogen-bond acceptors (Lipinski definition) is 4. The van der Waals surface area contributed by atoms with Gasteiger partial charge >= 0.3 is 11.9 Å². The van der Waals surface area contributed by atoms with Gasteiger partial charge in [-0.1, -0.05) is 65.1 Å². The smallest absolute Gasteiger partial charge is 0.338 e. The molecule has 0 saturated carbocycles. The number of hydrogen-bond donors (Lipinski definition) is 0. The minimum absolute atomic E-state index is 0.346. The third-order valence-corrected chi connectivity index (χ3v) is 3.16. The van der Waals surface area contributed by atoms with Gasteiger partial charge in [-0.05, 0) is 49.2 Å². The Bertz CT molecular complexity index is 715. The van der Waals surface area contributed by atoms with E-state index in [2.05, 4.69) is 13.2 Å². The summed E-state index contributed by atoms with van der Waals surface area (Å²) in [4.78, 5) is 22.9. The van der Waals surface area contributed by atoms with Crippen LogP contribution in [0.1, 0.15) is 41.5 Å². The van der Waals surface area contributed by atoms with Gasteiger partial charge in [0, 0.05) is 11.1 Å². The Hall–Kier alpha value is -3.14. The average Bonchev–Trinajstić information content (AvgIpc) is 2.72. The number of ether oxygens (including phenoxy) is 2. The summed E-state index contributed by atoms with van der Waals surface area (Å²) < 4.78 is 10.3. The monoisotopic (exact) mass is 382 g/mol. The molecule has 0 fully saturated rings. The van der Waals surface area contributed by atoms with Gasteiger partial charge in [-0.2, -0.15) is 0 Å². The zero-order valence-electron chi connectivity index (χ0n) is 17.7. The first kappa shape index (κ1) is 24.9. The van der Waals surface area contributed by atoms with E-state index in [9.17, 15) is 9.59 Å². The van der Waals surface area contributed by atoms with E-state index >= 15 is 0 Å². The maximum absolute atomic E-state index is 11.5. The second-order valence-corrected chi connectivity index (χ2v) is 5.39. The summed E-state index contributed by atoms with van der Waals surface area (Å²) >= 11 is 0. The molecule has 0 radical (unpaired) electrons. The Labute approximate surface area is 168 Å². The Morgan fingerprint density at radius 1 is 0.607 bits per heavy atom. The molecule has 0 saturated heterocycles. The topological polar surface area (TPSA) is 52.6 Å². The minimum Gasteiger partial charge on any atom is -0.423 e. The summed E-state index contributed by atoms with van der Waals surface area (Å²) in [5.41, 5.74) is 2.59. The fraction of sp³-hybridized carbons (Fsp3) is 0.250. The molecule has 0 unspecified atom stereocenters. The molecule has 4 nitrogen and oxygen atoms in total. The maximum Gasteiger partial charge on any atom is 0.338 e. The zero-order valence-corrected chi connectivity index (χ0v) is 17.7. The standard InChI is InChI=1S/C20H18O4.2C2H6/c1-13(2)19(21)23-17-9-5-15(6-10-17)16-7-11-18(12-8-16)24-20(22)14(3)4;2*1-2/h5-12H,1,3H2,2,4H3;2*1-2H3. The molecule has 0 aliphatic carbocycles. The van der Waals surface area contributed by atoms with E-state index in [-0.39, 0.29) is 0 Å². The van der Waals surface area contributed by atoms with Gasteiger partial charge in [0.15, 0.2) is 0 Å². The molecular weight excluding hydrogens is 352 g/mol. The van der Waals surface area contributed by atoms with Crippen LogP contribution >= 0.6 is 0 Å². The highest BCUT2D eigenvalue weighted by atomic mass is 16.5. The highest BCUT2D eigenvalue weighted by Crippen LogP contribution is 2.25. The van der Waals surface area contributed by atoms with Gasteiger partial charge < -0.3 is 9.47 Å². The first-order valence-corrected chi connectivity index (χ1v) is 9.32. The van der Waals surface area contributed by atoms with Crippen molar-refractivity contribution in [3.8, 4) is 22.6 Å². The van der Waals surface area contributed by atoms with Crippen molar-refractivity contribution in [3.63, 3.8) is 0 Å². The lowest BCUT2D eigenvalue weighted by Crippen LogP contribution is -2.08. The van der Waals surface area contributed by atoms with Crippen molar-refractivity contribution in [1.82, 2.24) is 0 Å². The van der Waals surface area contributed by atoms with Crippen LogP contribution in [0.25, 0.3) is 11.1 Å². The molecule has 2 rings (SSSR count). The summed E-state index contributed by atoms with van der Waals surface area (Å²) in [5.74, 6) is 0.00961. The van der Waals surface area contributed by atoms with E-state index in [1.54, 1.807) is 38.1 Å². The molecule has 0 aliphatic rings. The van der Waals surface area contributed by atoms with Crippen molar-refractivity contribution in [2.24, 2.45) is 0 Å². The predicted octanol–water partition coefficient (Wildman–Crippen LogP) is 6.37. The van der Waals surface area contributed by atoms with Gasteiger partial charge in [-0.15, -0.1) is 0 Å². The number of carbonyl (C=O) groups is 2. The first-order chi connectivity index (χ1) is 13.4. The average molecular weight is 383 g/mol. The van der Waals surface area contributed by atoms with Crippen molar-refractivity contribution in [1.29, 1.82) is 0 Å². The quantitative estimate of drug-likeness (QED) is 0.342. The summed E-state index contributed by atoms with van der Waals surface area (Å²) in [6.45, 7) is 18.3. The SMILES string of the molecule is C=C(C)C(=O)Oc1ccc(-c2ccc(OC(=O)C(=C)C)cc2)cc1.CC.CC. The van der Waals surface area contributed by atoms with Gasteiger partial charge in [0.05, 0.1) is 0 Å². The minimum atomic E-state index is -0.452. The van der Waals surface area contributed by atoms with Crippen LogP contribution in [0.3, 0.4) is 0 Å². The molecule has 0 N–H and O–H groups in total. The van der Waals surface area contributed by atoms with Gasteiger partial charge in [0.25, 0.3) is 0 Å². The normalized spacial score (nSPS) is 8.93. The van der Waals surface area contributed by atoms with Crippen LogP contribution in [-0.2, 0) is 9.59 Å². The van der Waals surface area contributed by atoms with Crippen LogP contribution in [0.15, 0.2) is 72.8 Å². The summed E-state index contributed by atoms with van der Waals surface area (Å²) in [5, 5.41) is 0. The molecule has 2 aromatic carbocycles. The molecule has 0 amide bonds. The molecule has 28 heavy (non-hydrogen) atoms. The molecule has 2 aromatic rings. The summed E-state index contributed by atoms with van der Waals surface area (Å²) in [6.07, 6.45) is 0. The second kappa shape index (κ2) is 13.1. The number of benzene rings is 2. The lowest BCUT2D eigenvalue weighted by molar-refractivity contribution is -0.130. The first-order valence-electron chi connectivity index (χ1n) is 9.32. The van der Waals surface area contributed by atoms with Crippen molar-refractivity contribution in [2.45, 2.75) is 41.5 Å². The molecule has 0 aromatic heterocycles. The van der Waals surface area contributed by atoms with E-state index in [1.165, 1.54) is 0 Å². The zero-order chi connectivity index (χ0) is 21.7. The Balaban J connectivity index is 0.00000171. The molecule has 0 bridgehead atoms. The van der Waals surface area contributed by atoms with Crippen molar-refractivity contribution < 1.29 is 19.1 Å². The van der Waals surface area contributed by atoms with E-state index in [0.717, 1.165) is 11.1 Å². The second-order valence-electron chi connectivity index (χ2n) is 5.39. The Kier molecular flexibility index (Phi) is 11.6. The van der Waals surface area contributed by atoms with Gasteiger partial charge in [-0.3, -0.25) is 0 Å². The highest BCUT2D eigenvalue weighted by Gasteiger charge is 2.07. The fourth-order valence-electron chi connectivity index (χ4n) is 1.82. The molecule has 0 aliphatic heterocycles. The molecular formula is C24H30O4. The molecule has 150 valence electrons. The molecule has 0 spiro atoms. The van der Waals surface area contributed by atoms with Gasteiger partial charge in [0.1, 0.15) is 11.5 Å². The fourth-order valence-corrected chi connectivity index (χ4v) is 1.82. The predicted molar refractivity (Wildman–Crippen MR) is 115 cm³/mol. The highest BCUT2D eigenvalue weighted by molar-refractivity contribution is 5.89. The Morgan fingerprint density at radius 2 is 0.857 bits per heavy atom. The van der Waals surface area contributed by atoms with Crippen LogP contribution in [0.2, 0.25) is 0 Å². The van der Waals surface area contributed by atoms with Gasteiger partial charge in [0.2, 0.25) is 0 Å². The van der Waals surface area contributed by atoms with E-state index in [4.69, 9.17) is 9.47 Å². The van der Waals surface area contributed by atoms with Gasteiger partial charge in [-0.25, -0.2) is 9.59 Å². The molecule has 0 atom stereocenters. The molecule has 4 heteroatoms. The van der Waals surface area contributed by atoms with Crippen LogP contribution in [0, 0.1) is 0 Å². The Morgan fingerprint density at radius 3 is 1.07 bits per heavy atom. The number of carbonyl (C=O) groups excluding carboxylic acids is 2. The van der Waals surface area contributed by atoms with E-state index in [0.29, 0.717) is 22.6 Å². The van der Waals surface area contributed by atoms with Crippen LogP contribution < -0.4 is 9.47 Å². The van der Waals surface area contributed by atoms with Crippen molar-refractivity contribution in [2.75, 3.05) is 0 Å². The van der Waals surface area contributed by atoms with E-state index < -0.39 is 11.9 Å². The maximum atomic E-state index is 11.5. The third-order valence-electron chi connectivity index (χ3n) is 3.16. The van der Waals surface area contributed by atoms with Crippen LogP contribution in [-0.4, -0.2) is 11.9 Å². The van der Waals surface area contributed by atoms with Crippen LogP contribution in [0.4, 0.5) is 0 Å². The lowest BCUT2D eigenvalue weighted by atomic mass is 10.1. The molecule has 0 heterocycles. The summed E-state index contributed by atoms with van der Waals surface area (Å²) in [6, 6.07) is 14.2. The summed E-state index contributed by atoms with van der Waals surface area (Å²) in [7, 11) is 0. The number of rotatable bonds is 5. The van der Waals surface area contributed by atoms with E-state index in [1.807, 2.05) is 52.0 Å². The van der Waals surface area contributed by atoms with Crippen molar-refractivity contribution in [3.05, 3.63) is 72.8 Å². The van der Waals surface area contributed by atoms with Crippen molar-refractivity contribution >= 4 is 11.9 Å². The lowest BCUT2D eigenvalue weighted by Gasteiger charge is -2.07.